The second kappa shape index (κ2) is 7.36. The van der Waals surface area contributed by atoms with E-state index in [0.29, 0.717) is 17.0 Å². The van der Waals surface area contributed by atoms with Crippen LogP contribution in [-0.4, -0.2) is 10.9 Å². The van der Waals surface area contributed by atoms with Crippen molar-refractivity contribution in [3.63, 3.8) is 0 Å². The lowest BCUT2D eigenvalue weighted by Crippen LogP contribution is -2.15. The average Bonchev–Trinajstić information content (AvgIpc) is 2.58. The zero-order chi connectivity index (χ0) is 17.8. The molecule has 126 valence electrons. The van der Waals surface area contributed by atoms with E-state index in [1.807, 2.05) is 31.2 Å². The lowest BCUT2D eigenvalue weighted by Gasteiger charge is -2.09. The second-order valence-corrected chi connectivity index (χ2v) is 6.34. The highest BCUT2D eigenvalue weighted by Gasteiger charge is 2.11. The smallest absolute Gasteiger partial charge is 0.259 e. The third kappa shape index (κ3) is 4.36. The molecule has 0 aliphatic carbocycles. The number of pyridine rings is 1. The summed E-state index contributed by atoms with van der Waals surface area (Å²) in [5.74, 6) is 1.33. The van der Waals surface area contributed by atoms with Gasteiger partial charge in [0.25, 0.3) is 5.91 Å². The van der Waals surface area contributed by atoms with E-state index in [4.69, 9.17) is 10.5 Å². The van der Waals surface area contributed by atoms with Crippen molar-refractivity contribution in [1.29, 1.82) is 0 Å². The number of halogens is 1. The summed E-state index contributed by atoms with van der Waals surface area (Å²) in [5.41, 5.74) is 7.56. The molecule has 25 heavy (non-hydrogen) atoms. The molecule has 0 radical (unpaired) electrons. The summed E-state index contributed by atoms with van der Waals surface area (Å²) in [6.07, 6.45) is 0. The van der Waals surface area contributed by atoms with Crippen LogP contribution in [0.1, 0.15) is 16.1 Å². The van der Waals surface area contributed by atoms with Crippen molar-refractivity contribution in [2.75, 3.05) is 11.1 Å². The summed E-state index contributed by atoms with van der Waals surface area (Å²) in [6, 6.07) is 18.1. The molecule has 6 heteroatoms. The van der Waals surface area contributed by atoms with Gasteiger partial charge in [-0.15, -0.1) is 0 Å². The van der Waals surface area contributed by atoms with Gasteiger partial charge in [0.1, 0.15) is 17.3 Å². The van der Waals surface area contributed by atoms with Crippen molar-refractivity contribution in [3.05, 3.63) is 76.4 Å². The molecular formula is C19H16BrN3O2. The van der Waals surface area contributed by atoms with Crippen molar-refractivity contribution >= 4 is 33.3 Å². The fraction of sp³-hybridized carbons (Fsp3) is 0.0526. The van der Waals surface area contributed by atoms with E-state index in [9.17, 15) is 4.79 Å². The molecule has 0 saturated carbocycles. The average molecular weight is 398 g/mol. The van der Waals surface area contributed by atoms with Gasteiger partial charge in [-0.1, -0.05) is 15.9 Å². The van der Waals surface area contributed by atoms with E-state index < -0.39 is 0 Å². The Hall–Kier alpha value is -2.86. The quantitative estimate of drug-likeness (QED) is 0.663. The number of aryl methyl sites for hydroxylation is 1. The number of hydrogen-bond acceptors (Lipinski definition) is 4. The predicted octanol–water partition coefficient (Wildman–Crippen LogP) is 4.78. The first-order chi connectivity index (χ1) is 12.0. The minimum absolute atomic E-state index is 0.215. The van der Waals surface area contributed by atoms with Crippen LogP contribution in [0.25, 0.3) is 0 Å². The first-order valence-corrected chi connectivity index (χ1v) is 8.38. The Morgan fingerprint density at radius 3 is 2.20 bits per heavy atom. The highest BCUT2D eigenvalue weighted by Crippen LogP contribution is 2.24. The maximum Gasteiger partial charge on any atom is 0.259 e. The first kappa shape index (κ1) is 17.0. The monoisotopic (exact) mass is 397 g/mol. The number of nitrogen functional groups attached to an aromatic ring is 1. The van der Waals surface area contributed by atoms with Crippen LogP contribution < -0.4 is 15.8 Å². The number of nitrogens with zero attached hydrogens (tertiary/aromatic N) is 1. The number of carbonyl (C=O) groups is 1. The van der Waals surface area contributed by atoms with Crippen molar-refractivity contribution in [2.45, 2.75) is 6.92 Å². The highest BCUT2D eigenvalue weighted by molar-refractivity contribution is 9.10. The SMILES string of the molecule is Cc1ccc(C(=O)Nc2ccc(Oc3ccc(Br)cc3)cc2)c(N)n1. The summed E-state index contributed by atoms with van der Waals surface area (Å²) in [5, 5.41) is 2.80. The van der Waals surface area contributed by atoms with Gasteiger partial charge >= 0.3 is 0 Å². The van der Waals surface area contributed by atoms with Crippen molar-refractivity contribution in [3.8, 4) is 11.5 Å². The lowest BCUT2D eigenvalue weighted by molar-refractivity contribution is 0.102. The maximum absolute atomic E-state index is 12.3. The zero-order valence-corrected chi connectivity index (χ0v) is 15.1. The Bertz CT molecular complexity index is 894. The minimum atomic E-state index is -0.299. The Morgan fingerprint density at radius 2 is 1.60 bits per heavy atom. The van der Waals surface area contributed by atoms with Crippen LogP contribution in [0, 0.1) is 6.92 Å². The molecule has 3 aromatic rings. The molecule has 1 aromatic heterocycles. The number of anilines is 2. The summed E-state index contributed by atoms with van der Waals surface area (Å²) >= 11 is 3.38. The Morgan fingerprint density at radius 1 is 1.00 bits per heavy atom. The van der Waals surface area contributed by atoms with Crippen LogP contribution >= 0.6 is 15.9 Å². The molecule has 1 heterocycles. The summed E-state index contributed by atoms with van der Waals surface area (Å²) in [6.45, 7) is 1.82. The van der Waals surface area contributed by atoms with E-state index in [0.717, 1.165) is 15.9 Å². The van der Waals surface area contributed by atoms with Gasteiger partial charge in [0.15, 0.2) is 0 Å². The predicted molar refractivity (Wildman–Crippen MR) is 102 cm³/mol. The van der Waals surface area contributed by atoms with Crippen molar-refractivity contribution in [1.82, 2.24) is 4.98 Å². The molecule has 1 amide bonds. The van der Waals surface area contributed by atoms with Gasteiger partial charge in [-0.05, 0) is 67.6 Å². The fourth-order valence-electron chi connectivity index (χ4n) is 2.21. The standard InChI is InChI=1S/C19H16BrN3O2/c1-12-2-11-17(18(21)22-12)19(24)23-14-5-9-16(10-6-14)25-15-7-3-13(20)4-8-15/h2-11H,1H3,(H2,21,22)(H,23,24). The number of aromatic nitrogens is 1. The molecule has 0 aliphatic heterocycles. The van der Waals surface area contributed by atoms with Crippen LogP contribution in [0.3, 0.4) is 0 Å². The van der Waals surface area contributed by atoms with Gasteiger partial charge in [-0.25, -0.2) is 4.98 Å². The summed E-state index contributed by atoms with van der Waals surface area (Å²) in [4.78, 5) is 16.4. The molecule has 0 saturated heterocycles. The van der Waals surface area contributed by atoms with Gasteiger partial charge in [0.05, 0.1) is 5.56 Å². The largest absolute Gasteiger partial charge is 0.457 e. The summed E-state index contributed by atoms with van der Waals surface area (Å²) in [7, 11) is 0. The topological polar surface area (TPSA) is 77.2 Å². The molecule has 3 rings (SSSR count). The van der Waals surface area contributed by atoms with E-state index in [1.54, 1.807) is 36.4 Å². The van der Waals surface area contributed by atoms with Gasteiger partial charge in [-0.3, -0.25) is 4.79 Å². The van der Waals surface area contributed by atoms with Gasteiger partial charge in [-0.2, -0.15) is 0 Å². The number of rotatable bonds is 4. The molecule has 0 bridgehead atoms. The molecule has 2 aromatic carbocycles. The van der Waals surface area contributed by atoms with E-state index in [2.05, 4.69) is 26.2 Å². The van der Waals surface area contributed by atoms with Gasteiger partial charge in [0.2, 0.25) is 0 Å². The Kier molecular flexibility index (Phi) is 5.00. The zero-order valence-electron chi connectivity index (χ0n) is 13.5. The Balaban J connectivity index is 1.67. The number of nitrogens with two attached hydrogens (primary N) is 1. The van der Waals surface area contributed by atoms with E-state index >= 15 is 0 Å². The van der Waals surface area contributed by atoms with Crippen LogP contribution in [0.15, 0.2) is 65.1 Å². The minimum Gasteiger partial charge on any atom is -0.457 e. The first-order valence-electron chi connectivity index (χ1n) is 7.59. The van der Waals surface area contributed by atoms with Crippen molar-refractivity contribution in [2.24, 2.45) is 0 Å². The lowest BCUT2D eigenvalue weighted by atomic mass is 10.2. The van der Waals surface area contributed by atoms with Gasteiger partial charge < -0.3 is 15.8 Å². The molecular weight excluding hydrogens is 382 g/mol. The second-order valence-electron chi connectivity index (χ2n) is 5.42. The number of benzene rings is 2. The number of ether oxygens (including phenoxy) is 1. The maximum atomic E-state index is 12.3. The molecule has 0 fully saturated rings. The molecule has 0 atom stereocenters. The Labute approximate surface area is 154 Å². The number of amides is 1. The van der Waals surface area contributed by atoms with Crippen LogP contribution in [0.2, 0.25) is 0 Å². The van der Waals surface area contributed by atoms with Gasteiger partial charge in [0, 0.05) is 15.9 Å². The number of carbonyl (C=O) groups excluding carboxylic acids is 1. The highest BCUT2D eigenvalue weighted by atomic mass is 79.9. The van der Waals surface area contributed by atoms with Crippen LogP contribution in [0.5, 0.6) is 11.5 Å². The van der Waals surface area contributed by atoms with Crippen LogP contribution in [-0.2, 0) is 0 Å². The molecule has 0 spiro atoms. The van der Waals surface area contributed by atoms with E-state index in [1.165, 1.54) is 0 Å². The number of nitrogens with one attached hydrogen (secondary N) is 1. The molecule has 0 aliphatic rings. The number of hydrogen-bond donors (Lipinski definition) is 2. The molecule has 0 unspecified atom stereocenters. The normalized spacial score (nSPS) is 10.3. The third-order valence-electron chi connectivity index (χ3n) is 3.47. The summed E-state index contributed by atoms with van der Waals surface area (Å²) < 4.78 is 6.74. The van der Waals surface area contributed by atoms with E-state index in [-0.39, 0.29) is 11.7 Å². The molecule has 3 N–H and O–H groups in total. The van der Waals surface area contributed by atoms with Crippen molar-refractivity contribution < 1.29 is 9.53 Å². The fourth-order valence-corrected chi connectivity index (χ4v) is 2.48. The third-order valence-corrected chi connectivity index (χ3v) is 4.00. The van der Waals surface area contributed by atoms with Crippen LogP contribution in [0.4, 0.5) is 11.5 Å². The molecule has 5 nitrogen and oxygen atoms in total.